The number of halogens is 1. The van der Waals surface area contributed by atoms with Crippen molar-refractivity contribution in [1.82, 2.24) is 5.32 Å². The number of carbonyl (C=O) groups is 1. The van der Waals surface area contributed by atoms with E-state index in [9.17, 15) is 10.1 Å². The van der Waals surface area contributed by atoms with E-state index in [4.69, 9.17) is 11.6 Å². The molecule has 2 aromatic carbocycles. The second-order valence-corrected chi connectivity index (χ2v) is 8.48. The Labute approximate surface area is 171 Å². The lowest BCUT2D eigenvalue weighted by atomic mass is 10.2. The number of thiophene rings is 1. The van der Waals surface area contributed by atoms with Crippen molar-refractivity contribution in [2.45, 2.75) is 15.6 Å². The molecule has 0 aliphatic carbocycles. The van der Waals surface area contributed by atoms with Gasteiger partial charge in [0.2, 0.25) is 0 Å². The molecule has 0 saturated carbocycles. The number of nitriles is 1. The monoisotopic (exact) mass is 410 g/mol. The molecule has 0 radical (unpaired) electrons. The highest BCUT2D eigenvalue weighted by molar-refractivity contribution is 8.01. The number of amides is 1. The van der Waals surface area contributed by atoms with Gasteiger partial charge in [0.1, 0.15) is 11.6 Å². The first-order chi connectivity index (χ1) is 13.1. The lowest BCUT2D eigenvalue weighted by molar-refractivity contribution is -0.117. The number of hydrogen-bond acceptors (Lipinski definition) is 4. The summed E-state index contributed by atoms with van der Waals surface area (Å²) in [5.74, 6) is -0.373. The number of benzene rings is 2. The average Bonchev–Trinajstić information content (AvgIpc) is 3.14. The Balaban J connectivity index is 1.65. The minimum absolute atomic E-state index is 0.0934. The molecule has 0 bridgehead atoms. The van der Waals surface area contributed by atoms with E-state index in [-0.39, 0.29) is 11.5 Å². The third kappa shape index (κ3) is 5.73. The zero-order valence-corrected chi connectivity index (χ0v) is 16.6. The summed E-state index contributed by atoms with van der Waals surface area (Å²) in [5, 5.41) is 12.8. The van der Waals surface area contributed by atoms with Gasteiger partial charge in [-0.15, -0.1) is 11.3 Å². The predicted octanol–water partition coefficient (Wildman–Crippen LogP) is 5.78. The summed E-state index contributed by atoms with van der Waals surface area (Å²) in [6.45, 7) is 0.390. The van der Waals surface area contributed by atoms with Crippen LogP contribution >= 0.6 is 34.7 Å². The fraction of sp³-hybridized carbons (Fsp3) is 0.0476. The molecule has 1 aromatic heterocycles. The van der Waals surface area contributed by atoms with Gasteiger partial charge in [-0.3, -0.25) is 4.79 Å². The summed E-state index contributed by atoms with van der Waals surface area (Å²) < 4.78 is 1.07. The van der Waals surface area contributed by atoms with Crippen LogP contribution in [-0.4, -0.2) is 5.91 Å². The van der Waals surface area contributed by atoms with Crippen molar-refractivity contribution < 1.29 is 4.79 Å². The quantitative estimate of drug-likeness (QED) is 0.414. The van der Waals surface area contributed by atoms with Crippen molar-refractivity contribution in [3.63, 3.8) is 0 Å². The molecule has 3 aromatic rings. The number of nitrogens with one attached hydrogen (secondary N) is 1. The average molecular weight is 411 g/mol. The Hall–Kier alpha value is -2.52. The van der Waals surface area contributed by atoms with E-state index in [1.54, 1.807) is 17.8 Å². The lowest BCUT2D eigenvalue weighted by Gasteiger charge is -2.04. The molecular weight excluding hydrogens is 396 g/mol. The largest absolute Gasteiger partial charge is 0.347 e. The Morgan fingerprint density at radius 3 is 2.56 bits per heavy atom. The first kappa shape index (κ1) is 19.2. The van der Waals surface area contributed by atoms with Crippen molar-refractivity contribution in [2.75, 3.05) is 0 Å². The molecule has 0 aliphatic heterocycles. The second-order valence-electron chi connectivity index (χ2n) is 5.55. The van der Waals surface area contributed by atoms with E-state index in [1.165, 1.54) is 11.3 Å². The van der Waals surface area contributed by atoms with Gasteiger partial charge in [0.15, 0.2) is 0 Å². The first-order valence-corrected chi connectivity index (χ1v) is 10.1. The zero-order chi connectivity index (χ0) is 19.1. The molecule has 0 aliphatic rings. The van der Waals surface area contributed by atoms with Crippen molar-refractivity contribution >= 4 is 46.7 Å². The molecule has 0 saturated heterocycles. The fourth-order valence-electron chi connectivity index (χ4n) is 2.25. The van der Waals surface area contributed by atoms with Crippen LogP contribution in [0, 0.1) is 11.3 Å². The molecule has 1 heterocycles. The van der Waals surface area contributed by atoms with Gasteiger partial charge in [0.25, 0.3) is 5.91 Å². The molecule has 0 unspecified atom stereocenters. The Morgan fingerprint density at radius 2 is 1.85 bits per heavy atom. The molecule has 0 spiro atoms. The Kier molecular flexibility index (Phi) is 6.72. The number of nitrogens with zero attached hydrogens (tertiary/aromatic N) is 1. The van der Waals surface area contributed by atoms with Crippen LogP contribution in [0.4, 0.5) is 0 Å². The molecule has 6 heteroatoms. The van der Waals surface area contributed by atoms with E-state index >= 15 is 0 Å². The molecule has 0 atom stereocenters. The number of carbonyl (C=O) groups excluding carboxylic acids is 1. The van der Waals surface area contributed by atoms with Crippen LogP contribution in [0.15, 0.2) is 81.4 Å². The molecule has 1 N–H and O–H groups in total. The zero-order valence-electron chi connectivity index (χ0n) is 14.2. The predicted molar refractivity (Wildman–Crippen MR) is 112 cm³/mol. The topological polar surface area (TPSA) is 52.9 Å². The summed E-state index contributed by atoms with van der Waals surface area (Å²) in [6.07, 6.45) is 1.62. The van der Waals surface area contributed by atoms with Gasteiger partial charge in [-0.05, 0) is 48.0 Å². The Morgan fingerprint density at radius 1 is 1.11 bits per heavy atom. The van der Waals surface area contributed by atoms with Gasteiger partial charge in [-0.1, -0.05) is 53.7 Å². The molecule has 0 fully saturated rings. The van der Waals surface area contributed by atoms with E-state index in [0.717, 1.165) is 19.5 Å². The summed E-state index contributed by atoms with van der Waals surface area (Å²) >= 11 is 9.05. The van der Waals surface area contributed by atoms with Crippen molar-refractivity contribution in [3.8, 4) is 6.07 Å². The summed E-state index contributed by atoms with van der Waals surface area (Å²) in [7, 11) is 0. The highest BCUT2D eigenvalue weighted by Crippen LogP contribution is 2.34. The SMILES string of the molecule is N#C/C(=C/c1ccc(Sc2ccc(Cl)cc2)s1)C(=O)NCc1ccccc1. The van der Waals surface area contributed by atoms with Crippen LogP contribution in [0.25, 0.3) is 6.08 Å². The maximum Gasteiger partial charge on any atom is 0.262 e. The minimum atomic E-state index is -0.373. The third-order valence-corrected chi connectivity index (χ3v) is 6.01. The van der Waals surface area contributed by atoms with Crippen LogP contribution in [0.3, 0.4) is 0 Å². The van der Waals surface area contributed by atoms with Crippen LogP contribution in [0.5, 0.6) is 0 Å². The smallest absolute Gasteiger partial charge is 0.262 e. The molecular formula is C21H15ClN2OS2. The summed E-state index contributed by atoms with van der Waals surface area (Å²) in [6, 6.07) is 23.1. The van der Waals surface area contributed by atoms with Gasteiger partial charge in [0, 0.05) is 21.3 Å². The molecule has 3 rings (SSSR count). The summed E-state index contributed by atoms with van der Waals surface area (Å²) in [4.78, 5) is 14.2. The first-order valence-electron chi connectivity index (χ1n) is 8.11. The standard InChI is InChI=1S/C21H15ClN2OS2/c22-17-6-8-18(9-7-17)26-20-11-10-19(27-20)12-16(13-23)21(25)24-14-15-4-2-1-3-5-15/h1-12H,14H2,(H,24,25)/b16-12-. The number of hydrogen-bond donors (Lipinski definition) is 1. The normalized spacial score (nSPS) is 11.0. The molecule has 134 valence electrons. The maximum absolute atomic E-state index is 12.3. The van der Waals surface area contributed by atoms with E-state index in [0.29, 0.717) is 11.6 Å². The number of rotatable bonds is 6. The van der Waals surface area contributed by atoms with E-state index in [1.807, 2.05) is 72.8 Å². The van der Waals surface area contributed by atoms with Crippen LogP contribution in [0.2, 0.25) is 5.02 Å². The van der Waals surface area contributed by atoms with Gasteiger partial charge in [-0.25, -0.2) is 0 Å². The van der Waals surface area contributed by atoms with E-state index in [2.05, 4.69) is 5.32 Å². The van der Waals surface area contributed by atoms with Gasteiger partial charge in [-0.2, -0.15) is 5.26 Å². The maximum atomic E-state index is 12.3. The Bertz CT molecular complexity index is 989. The molecule has 3 nitrogen and oxygen atoms in total. The summed E-state index contributed by atoms with van der Waals surface area (Å²) in [5.41, 5.74) is 1.08. The van der Waals surface area contributed by atoms with E-state index < -0.39 is 0 Å². The second kappa shape index (κ2) is 9.43. The highest BCUT2D eigenvalue weighted by Gasteiger charge is 2.10. The van der Waals surface area contributed by atoms with Gasteiger partial charge >= 0.3 is 0 Å². The molecule has 27 heavy (non-hydrogen) atoms. The third-order valence-electron chi connectivity index (χ3n) is 3.58. The van der Waals surface area contributed by atoms with Crippen molar-refractivity contribution in [2.24, 2.45) is 0 Å². The van der Waals surface area contributed by atoms with Crippen molar-refractivity contribution in [3.05, 3.63) is 87.8 Å². The highest BCUT2D eigenvalue weighted by atomic mass is 35.5. The fourth-order valence-corrected chi connectivity index (χ4v) is 4.44. The van der Waals surface area contributed by atoms with Crippen molar-refractivity contribution in [1.29, 1.82) is 5.26 Å². The molecule has 1 amide bonds. The van der Waals surface area contributed by atoms with Gasteiger partial charge < -0.3 is 5.32 Å². The lowest BCUT2D eigenvalue weighted by Crippen LogP contribution is -2.23. The van der Waals surface area contributed by atoms with Crippen LogP contribution in [-0.2, 0) is 11.3 Å². The van der Waals surface area contributed by atoms with Crippen LogP contribution in [0.1, 0.15) is 10.4 Å². The van der Waals surface area contributed by atoms with Gasteiger partial charge in [0.05, 0.1) is 4.21 Å². The van der Waals surface area contributed by atoms with Crippen LogP contribution < -0.4 is 5.32 Å². The minimum Gasteiger partial charge on any atom is -0.347 e.